The summed E-state index contributed by atoms with van der Waals surface area (Å²) in [4.78, 5) is 10.9. The van der Waals surface area contributed by atoms with Gasteiger partial charge in [0, 0.05) is 5.02 Å². The topological polar surface area (TPSA) is 37.3 Å². The normalized spacial score (nSPS) is 11.4. The summed E-state index contributed by atoms with van der Waals surface area (Å²) in [5, 5.41) is 9.53. The molecule has 0 heterocycles. The van der Waals surface area contributed by atoms with Crippen LogP contribution in [0, 0.1) is 0 Å². The molecule has 14 heavy (non-hydrogen) atoms. The van der Waals surface area contributed by atoms with Crippen LogP contribution in [0.15, 0.2) is 30.3 Å². The predicted octanol–water partition coefficient (Wildman–Crippen LogP) is 3.22. The van der Waals surface area contributed by atoms with Crippen molar-refractivity contribution in [2.24, 2.45) is 0 Å². The minimum Gasteiger partial charge on any atom is -0.478 e. The third-order valence-corrected chi connectivity index (χ3v) is 2.05. The summed E-state index contributed by atoms with van der Waals surface area (Å²) in [5.74, 6) is -0.908. The van der Waals surface area contributed by atoms with Gasteiger partial charge in [-0.15, -0.1) is 0 Å². The molecule has 0 aliphatic rings. The third kappa shape index (κ3) is 2.60. The summed E-state index contributed by atoms with van der Waals surface area (Å²) in [6.07, 6.45) is 2.38. The summed E-state index contributed by atoms with van der Waals surface area (Å²) in [6, 6.07) is 6.78. The first-order valence-electron chi connectivity index (χ1n) is 4.34. The maximum absolute atomic E-state index is 10.9. The van der Waals surface area contributed by atoms with Gasteiger partial charge in [0.1, 0.15) is 0 Å². The fourth-order valence-corrected chi connectivity index (χ4v) is 1.29. The average molecular weight is 211 g/mol. The highest BCUT2D eigenvalue weighted by Gasteiger charge is 2.08. The van der Waals surface area contributed by atoms with Gasteiger partial charge in [0.05, 0.1) is 5.57 Å². The molecule has 0 bridgehead atoms. The molecule has 0 saturated heterocycles. The lowest BCUT2D eigenvalue weighted by molar-refractivity contribution is -0.130. The summed E-state index contributed by atoms with van der Waals surface area (Å²) < 4.78 is 0. The highest BCUT2D eigenvalue weighted by Crippen LogP contribution is 2.18. The van der Waals surface area contributed by atoms with Crippen LogP contribution in [0.3, 0.4) is 0 Å². The highest BCUT2D eigenvalue weighted by atomic mass is 35.5. The van der Waals surface area contributed by atoms with E-state index in [2.05, 4.69) is 0 Å². The van der Waals surface area contributed by atoms with Gasteiger partial charge in [-0.05, 0) is 24.1 Å². The van der Waals surface area contributed by atoms with E-state index >= 15 is 0 Å². The Labute approximate surface area is 87.8 Å². The van der Waals surface area contributed by atoms with Crippen LogP contribution in [-0.4, -0.2) is 11.1 Å². The maximum Gasteiger partial charge on any atom is 0.335 e. The zero-order valence-electron chi connectivity index (χ0n) is 7.83. The van der Waals surface area contributed by atoms with Gasteiger partial charge in [0.15, 0.2) is 0 Å². The molecule has 0 saturated carbocycles. The monoisotopic (exact) mass is 210 g/mol. The molecule has 74 valence electrons. The standard InChI is InChI=1S/C11H11ClO2/c1-2-3-10(11(13)14)8-4-6-9(12)7-5-8/h3-7H,2H2,1H3,(H,13,14)/b10-3-. The van der Waals surface area contributed by atoms with Crippen LogP contribution in [-0.2, 0) is 4.79 Å². The van der Waals surface area contributed by atoms with Gasteiger partial charge < -0.3 is 5.11 Å². The lowest BCUT2D eigenvalue weighted by Gasteiger charge is -2.01. The average Bonchev–Trinajstić information content (AvgIpc) is 2.15. The summed E-state index contributed by atoms with van der Waals surface area (Å²) in [6.45, 7) is 1.90. The van der Waals surface area contributed by atoms with Gasteiger partial charge in [-0.25, -0.2) is 4.79 Å². The molecule has 1 aromatic carbocycles. The molecule has 0 aliphatic carbocycles. The number of aliphatic carboxylic acids is 1. The molecule has 0 aliphatic heterocycles. The molecular formula is C11H11ClO2. The van der Waals surface area contributed by atoms with E-state index in [4.69, 9.17) is 16.7 Å². The number of benzene rings is 1. The first kappa shape index (κ1) is 10.8. The van der Waals surface area contributed by atoms with Crippen molar-refractivity contribution in [2.45, 2.75) is 13.3 Å². The van der Waals surface area contributed by atoms with Crippen molar-refractivity contribution in [3.63, 3.8) is 0 Å². The quantitative estimate of drug-likeness (QED) is 0.778. The predicted molar refractivity (Wildman–Crippen MR) is 57.4 cm³/mol. The Hall–Kier alpha value is -1.28. The second-order valence-corrected chi connectivity index (χ2v) is 3.27. The summed E-state index contributed by atoms with van der Waals surface area (Å²) in [5.41, 5.74) is 1.01. The third-order valence-electron chi connectivity index (χ3n) is 1.79. The van der Waals surface area contributed by atoms with Gasteiger partial charge in [-0.3, -0.25) is 0 Å². The molecule has 2 nitrogen and oxygen atoms in total. The van der Waals surface area contributed by atoms with Crippen LogP contribution < -0.4 is 0 Å². The molecule has 3 heteroatoms. The molecular weight excluding hydrogens is 200 g/mol. The summed E-state index contributed by atoms with van der Waals surface area (Å²) >= 11 is 5.71. The number of hydrogen-bond donors (Lipinski definition) is 1. The van der Waals surface area contributed by atoms with E-state index in [9.17, 15) is 4.79 Å². The number of carbonyl (C=O) groups is 1. The Kier molecular flexibility index (Phi) is 3.72. The Morgan fingerprint density at radius 1 is 1.43 bits per heavy atom. The van der Waals surface area contributed by atoms with Crippen LogP contribution in [0.2, 0.25) is 5.02 Å². The van der Waals surface area contributed by atoms with E-state index < -0.39 is 5.97 Å². The van der Waals surface area contributed by atoms with Crippen molar-refractivity contribution in [3.8, 4) is 0 Å². The molecule has 0 aromatic heterocycles. The number of hydrogen-bond acceptors (Lipinski definition) is 1. The van der Waals surface area contributed by atoms with Crippen LogP contribution >= 0.6 is 11.6 Å². The number of rotatable bonds is 3. The maximum atomic E-state index is 10.9. The first-order valence-corrected chi connectivity index (χ1v) is 4.72. The molecule has 0 atom stereocenters. The van der Waals surface area contributed by atoms with E-state index in [1.165, 1.54) is 0 Å². The second kappa shape index (κ2) is 4.82. The second-order valence-electron chi connectivity index (χ2n) is 2.84. The van der Waals surface area contributed by atoms with E-state index in [-0.39, 0.29) is 0 Å². The molecule has 0 radical (unpaired) electrons. The molecule has 1 aromatic rings. The van der Waals surface area contributed by atoms with Crippen molar-refractivity contribution in [1.82, 2.24) is 0 Å². The van der Waals surface area contributed by atoms with Crippen LogP contribution in [0.25, 0.3) is 5.57 Å². The Bertz CT molecular complexity index is 352. The minimum atomic E-state index is -0.908. The number of carboxylic acid groups (broad SMARTS) is 1. The van der Waals surface area contributed by atoms with Crippen molar-refractivity contribution in [3.05, 3.63) is 40.9 Å². The fourth-order valence-electron chi connectivity index (χ4n) is 1.16. The van der Waals surface area contributed by atoms with Crippen molar-refractivity contribution in [2.75, 3.05) is 0 Å². The molecule has 0 fully saturated rings. The molecule has 0 spiro atoms. The lowest BCUT2D eigenvalue weighted by Crippen LogP contribution is -1.99. The van der Waals surface area contributed by atoms with Crippen LogP contribution in [0.1, 0.15) is 18.9 Å². The summed E-state index contributed by atoms with van der Waals surface area (Å²) in [7, 11) is 0. The molecule has 1 N–H and O–H groups in total. The Balaban J connectivity index is 3.06. The SMILES string of the molecule is CC/C=C(\C(=O)O)c1ccc(Cl)cc1. The Morgan fingerprint density at radius 2 is 2.00 bits per heavy atom. The lowest BCUT2D eigenvalue weighted by atomic mass is 10.1. The van der Waals surface area contributed by atoms with Gasteiger partial charge in [-0.2, -0.15) is 0 Å². The van der Waals surface area contributed by atoms with E-state index in [0.29, 0.717) is 22.6 Å². The highest BCUT2D eigenvalue weighted by molar-refractivity contribution is 6.30. The van der Waals surface area contributed by atoms with Crippen LogP contribution in [0.4, 0.5) is 0 Å². The van der Waals surface area contributed by atoms with Gasteiger partial charge >= 0.3 is 5.97 Å². The van der Waals surface area contributed by atoms with Gasteiger partial charge in [-0.1, -0.05) is 36.7 Å². The van der Waals surface area contributed by atoms with Crippen molar-refractivity contribution in [1.29, 1.82) is 0 Å². The zero-order chi connectivity index (χ0) is 10.6. The Morgan fingerprint density at radius 3 is 2.43 bits per heavy atom. The fraction of sp³-hybridized carbons (Fsp3) is 0.182. The zero-order valence-corrected chi connectivity index (χ0v) is 8.58. The number of allylic oxidation sites excluding steroid dienone is 1. The van der Waals surface area contributed by atoms with Gasteiger partial charge in [0.25, 0.3) is 0 Å². The largest absolute Gasteiger partial charge is 0.478 e. The van der Waals surface area contributed by atoms with Crippen LogP contribution in [0.5, 0.6) is 0 Å². The van der Waals surface area contributed by atoms with E-state index in [1.54, 1.807) is 30.3 Å². The first-order chi connectivity index (χ1) is 6.65. The van der Waals surface area contributed by atoms with E-state index in [0.717, 1.165) is 0 Å². The van der Waals surface area contributed by atoms with E-state index in [1.807, 2.05) is 6.92 Å². The minimum absolute atomic E-state index is 0.323. The smallest absolute Gasteiger partial charge is 0.335 e. The van der Waals surface area contributed by atoms with Crippen molar-refractivity contribution < 1.29 is 9.90 Å². The molecule has 0 amide bonds. The molecule has 1 rings (SSSR count). The molecule has 0 unspecified atom stereocenters. The number of halogens is 1. The van der Waals surface area contributed by atoms with Gasteiger partial charge in [0.2, 0.25) is 0 Å². The van der Waals surface area contributed by atoms with Crippen molar-refractivity contribution >= 4 is 23.1 Å². The number of carboxylic acids is 1.